The highest BCUT2D eigenvalue weighted by atomic mass is 28.1. The van der Waals surface area contributed by atoms with Crippen molar-refractivity contribution in [1.82, 2.24) is 0 Å². The molecule has 4 heteroatoms. The van der Waals surface area contributed by atoms with Crippen molar-refractivity contribution in [1.29, 1.82) is 0 Å². The van der Waals surface area contributed by atoms with Crippen molar-refractivity contribution >= 4 is 16.4 Å². The summed E-state index contributed by atoms with van der Waals surface area (Å²) in [6.07, 6.45) is -0.806. The van der Waals surface area contributed by atoms with Crippen LogP contribution in [0, 0.1) is 0 Å². The Kier molecular flexibility index (Phi) is 2.48. The second-order valence-electron chi connectivity index (χ2n) is 0.699. The lowest BCUT2D eigenvalue weighted by Crippen LogP contribution is -2.00. The van der Waals surface area contributed by atoms with Gasteiger partial charge in [0.15, 0.2) is 0 Å². The van der Waals surface area contributed by atoms with Crippen LogP contribution in [0.25, 0.3) is 0 Å². The lowest BCUT2D eigenvalue weighted by molar-refractivity contribution is 0.107. The van der Waals surface area contributed by atoms with Gasteiger partial charge in [-0.15, -0.1) is 0 Å². The molecular formula is C2H6O3Si. The van der Waals surface area contributed by atoms with Crippen LogP contribution >= 0.6 is 0 Å². The molecule has 0 saturated heterocycles. The monoisotopic (exact) mass is 106 g/mol. The quantitative estimate of drug-likeness (QED) is 0.344. The number of rotatable bonds is 1. The molecule has 6 heavy (non-hydrogen) atoms. The second kappa shape index (κ2) is 2.71. The van der Waals surface area contributed by atoms with E-state index in [9.17, 15) is 4.79 Å². The average molecular weight is 106 g/mol. The van der Waals surface area contributed by atoms with Crippen molar-refractivity contribution in [2.75, 3.05) is 6.23 Å². The summed E-state index contributed by atoms with van der Waals surface area (Å²) >= 11 is 0. The summed E-state index contributed by atoms with van der Waals surface area (Å²) in [5.74, 6) is 0. The number of hydrogen-bond donors (Lipinski definition) is 1. The van der Waals surface area contributed by atoms with Crippen LogP contribution in [-0.2, 0) is 4.74 Å². The van der Waals surface area contributed by atoms with Gasteiger partial charge in [0.2, 0.25) is 0 Å². The predicted molar refractivity (Wildman–Crippen MR) is 23.9 cm³/mol. The van der Waals surface area contributed by atoms with Crippen LogP contribution in [0.5, 0.6) is 0 Å². The van der Waals surface area contributed by atoms with Gasteiger partial charge in [-0.05, 0) is 0 Å². The minimum Gasteiger partial charge on any atom is -0.450 e. The smallest absolute Gasteiger partial charge is 0.450 e. The summed E-state index contributed by atoms with van der Waals surface area (Å²) in [5.41, 5.74) is 0. The fourth-order valence-electron chi connectivity index (χ4n) is 0.123. The zero-order valence-electron chi connectivity index (χ0n) is 3.47. The Labute approximate surface area is 38.3 Å². The van der Waals surface area contributed by atoms with E-state index in [1.165, 1.54) is 0 Å². The zero-order chi connectivity index (χ0) is 4.99. The van der Waals surface area contributed by atoms with Gasteiger partial charge >= 0.3 is 6.16 Å². The van der Waals surface area contributed by atoms with Gasteiger partial charge in [-0.3, -0.25) is 0 Å². The number of carboxylic acid groups (broad SMARTS) is 1. The highest BCUT2D eigenvalue weighted by Gasteiger charge is 1.86. The molecule has 1 N–H and O–H groups in total. The van der Waals surface area contributed by atoms with Gasteiger partial charge in [0.05, 0.1) is 16.5 Å². The summed E-state index contributed by atoms with van der Waals surface area (Å²) in [5, 5.41) is 7.71. The van der Waals surface area contributed by atoms with Crippen molar-refractivity contribution in [3.05, 3.63) is 0 Å². The maximum absolute atomic E-state index is 9.40. The molecule has 0 rings (SSSR count). The van der Waals surface area contributed by atoms with E-state index in [2.05, 4.69) is 4.74 Å². The van der Waals surface area contributed by atoms with Gasteiger partial charge in [0.25, 0.3) is 0 Å². The molecule has 0 atom stereocenters. The van der Waals surface area contributed by atoms with Gasteiger partial charge in [-0.1, -0.05) is 0 Å². The Bertz CT molecular complexity index is 52.8. The summed E-state index contributed by atoms with van der Waals surface area (Å²) in [6.45, 7) is 0. The highest BCUT2D eigenvalue weighted by Crippen LogP contribution is 1.66. The molecule has 0 heterocycles. The standard InChI is InChI=1S/C2H6O3Si/c3-2(4)5-1-6/h1H2,6H3,(H,3,4). The Morgan fingerprint density at radius 2 is 2.50 bits per heavy atom. The van der Waals surface area contributed by atoms with Crippen molar-refractivity contribution in [3.63, 3.8) is 0 Å². The van der Waals surface area contributed by atoms with E-state index in [-0.39, 0.29) is 0 Å². The molecule has 0 radical (unpaired) electrons. The van der Waals surface area contributed by atoms with Crippen LogP contribution in [0.4, 0.5) is 4.79 Å². The van der Waals surface area contributed by atoms with Gasteiger partial charge < -0.3 is 9.84 Å². The molecule has 0 spiro atoms. The number of carbonyl (C=O) groups is 1. The first-order valence-electron chi connectivity index (χ1n) is 1.63. The summed E-state index contributed by atoms with van der Waals surface area (Å²) in [4.78, 5) is 9.40. The van der Waals surface area contributed by atoms with Crippen LogP contribution in [-0.4, -0.2) is 27.7 Å². The summed E-state index contributed by atoms with van der Waals surface area (Å²) in [6, 6.07) is 0. The molecule has 0 aromatic rings. The van der Waals surface area contributed by atoms with Crippen LogP contribution in [0.3, 0.4) is 0 Å². The third-order valence-electron chi connectivity index (χ3n) is 0.268. The second-order valence-corrected chi connectivity index (χ2v) is 1.28. The fraction of sp³-hybridized carbons (Fsp3) is 0.500. The van der Waals surface area contributed by atoms with Crippen molar-refractivity contribution in [3.8, 4) is 0 Å². The number of ether oxygens (including phenoxy) is 1. The normalized spacial score (nSPS) is 8.00. The molecule has 0 bridgehead atoms. The molecule has 3 nitrogen and oxygen atoms in total. The fourth-order valence-corrected chi connectivity index (χ4v) is 0.370. The van der Waals surface area contributed by atoms with Crippen LogP contribution < -0.4 is 0 Å². The van der Waals surface area contributed by atoms with E-state index < -0.39 is 6.16 Å². The van der Waals surface area contributed by atoms with Gasteiger partial charge in [0, 0.05) is 0 Å². The Balaban J connectivity index is 2.83. The van der Waals surface area contributed by atoms with E-state index in [4.69, 9.17) is 5.11 Å². The summed E-state index contributed by atoms with van der Waals surface area (Å²) < 4.78 is 4.02. The van der Waals surface area contributed by atoms with Crippen molar-refractivity contribution in [2.45, 2.75) is 0 Å². The first kappa shape index (κ1) is 5.49. The third kappa shape index (κ3) is 3.49. The Hall–Kier alpha value is -0.513. The van der Waals surface area contributed by atoms with E-state index in [1.807, 2.05) is 0 Å². The minimum atomic E-state index is -1.18. The van der Waals surface area contributed by atoms with Crippen LogP contribution in [0.2, 0.25) is 0 Å². The molecular weight excluding hydrogens is 100 g/mol. The molecule has 0 unspecified atom stereocenters. The van der Waals surface area contributed by atoms with E-state index in [1.54, 1.807) is 0 Å². The Morgan fingerprint density at radius 1 is 2.00 bits per heavy atom. The molecule has 0 aliphatic carbocycles. The van der Waals surface area contributed by atoms with Crippen molar-refractivity contribution < 1.29 is 14.6 Å². The van der Waals surface area contributed by atoms with E-state index >= 15 is 0 Å². The molecule has 0 saturated carbocycles. The lowest BCUT2D eigenvalue weighted by atomic mass is 11.4. The third-order valence-corrected chi connectivity index (χ3v) is 0.556. The highest BCUT2D eigenvalue weighted by molar-refractivity contribution is 6.08. The van der Waals surface area contributed by atoms with Crippen LogP contribution in [0.1, 0.15) is 0 Å². The maximum Gasteiger partial charge on any atom is 0.505 e. The average Bonchev–Trinajstić information content (AvgIpc) is 1.35. The maximum atomic E-state index is 9.40. The first-order valence-corrected chi connectivity index (χ1v) is 3.04. The molecule has 0 aliphatic heterocycles. The van der Waals surface area contributed by atoms with Gasteiger partial charge in [-0.25, -0.2) is 4.79 Å². The Morgan fingerprint density at radius 3 is 2.50 bits per heavy atom. The molecule has 0 amide bonds. The molecule has 0 aromatic heterocycles. The van der Waals surface area contributed by atoms with Gasteiger partial charge in [-0.2, -0.15) is 0 Å². The van der Waals surface area contributed by atoms with Crippen molar-refractivity contribution in [2.24, 2.45) is 0 Å². The van der Waals surface area contributed by atoms with Crippen LogP contribution in [0.15, 0.2) is 0 Å². The minimum absolute atomic E-state index is 0.370. The molecule has 36 valence electrons. The predicted octanol–water partition coefficient (Wildman–Crippen LogP) is -0.996. The molecule has 0 aromatic carbocycles. The van der Waals surface area contributed by atoms with E-state index in [0.29, 0.717) is 6.23 Å². The topological polar surface area (TPSA) is 46.5 Å². The lowest BCUT2D eigenvalue weighted by Gasteiger charge is -1.87. The number of hydrogen-bond acceptors (Lipinski definition) is 2. The SMILES string of the molecule is O=C(O)OC[SiH3]. The first-order chi connectivity index (χ1) is 2.77. The largest absolute Gasteiger partial charge is 0.505 e. The molecule has 0 fully saturated rings. The van der Waals surface area contributed by atoms with E-state index in [0.717, 1.165) is 10.2 Å². The zero-order valence-corrected chi connectivity index (χ0v) is 5.47. The molecule has 0 aliphatic rings. The van der Waals surface area contributed by atoms with Gasteiger partial charge in [0.1, 0.15) is 0 Å². The summed E-state index contributed by atoms with van der Waals surface area (Å²) in [7, 11) is 0.784.